The Kier molecular flexibility index (Phi) is 4.28. The van der Waals surface area contributed by atoms with Crippen molar-refractivity contribution >= 4 is 16.5 Å². The molecule has 0 spiro atoms. The van der Waals surface area contributed by atoms with Crippen LogP contribution in [-0.4, -0.2) is 53.7 Å². The van der Waals surface area contributed by atoms with Gasteiger partial charge in [0, 0.05) is 37.8 Å². The van der Waals surface area contributed by atoms with Crippen molar-refractivity contribution in [2.45, 2.75) is 25.2 Å². The molecule has 25 heavy (non-hydrogen) atoms. The van der Waals surface area contributed by atoms with E-state index in [1.165, 1.54) is 23.5 Å². The highest BCUT2D eigenvalue weighted by atomic mass is 32.1. The first kappa shape index (κ1) is 16.6. The lowest BCUT2D eigenvalue weighted by Gasteiger charge is -2.30. The van der Waals surface area contributed by atoms with E-state index in [2.05, 4.69) is 24.7 Å². The molecule has 0 atom stereocenters. The number of rotatable bonds is 3. The van der Waals surface area contributed by atoms with E-state index in [0.717, 1.165) is 49.7 Å². The molecule has 0 unspecified atom stereocenters. The maximum atomic E-state index is 12.2. The summed E-state index contributed by atoms with van der Waals surface area (Å²) < 4.78 is 40.6. The van der Waals surface area contributed by atoms with Crippen LogP contribution in [0.5, 0.6) is 5.75 Å². The van der Waals surface area contributed by atoms with Gasteiger partial charge < -0.3 is 14.5 Å². The maximum absolute atomic E-state index is 12.2. The number of halogens is 3. The number of ether oxygens (including phenoxy) is 1. The van der Waals surface area contributed by atoms with E-state index in [1.54, 1.807) is 12.1 Å². The number of fused-ring (bicyclic) bond motifs is 4. The van der Waals surface area contributed by atoms with Gasteiger partial charge in [0.05, 0.1) is 0 Å². The van der Waals surface area contributed by atoms with Crippen molar-refractivity contribution in [1.82, 2.24) is 15.1 Å². The molecule has 0 radical (unpaired) electrons. The van der Waals surface area contributed by atoms with Gasteiger partial charge in [-0.2, -0.15) is 0 Å². The van der Waals surface area contributed by atoms with Crippen molar-refractivity contribution < 1.29 is 17.9 Å². The molecule has 9 heteroatoms. The summed E-state index contributed by atoms with van der Waals surface area (Å²) in [5.41, 5.74) is 0.737. The molecule has 0 N–H and O–H groups in total. The minimum atomic E-state index is -4.68. The number of alkyl halides is 3. The molecule has 0 saturated carbocycles. The van der Waals surface area contributed by atoms with Gasteiger partial charge in [0.2, 0.25) is 5.13 Å². The Morgan fingerprint density at radius 1 is 1.00 bits per heavy atom. The van der Waals surface area contributed by atoms with E-state index in [9.17, 15) is 13.2 Å². The average Bonchev–Trinajstić information content (AvgIpc) is 2.87. The lowest BCUT2D eigenvalue weighted by molar-refractivity contribution is -0.274. The van der Waals surface area contributed by atoms with Crippen LogP contribution in [0.4, 0.5) is 18.3 Å². The van der Waals surface area contributed by atoms with Crippen molar-refractivity contribution in [2.24, 2.45) is 0 Å². The van der Waals surface area contributed by atoms with Crippen molar-refractivity contribution in [3.05, 3.63) is 24.3 Å². The minimum Gasteiger partial charge on any atom is -0.406 e. The summed E-state index contributed by atoms with van der Waals surface area (Å²) in [4.78, 5) is 4.80. The van der Waals surface area contributed by atoms with Gasteiger partial charge >= 0.3 is 6.36 Å². The van der Waals surface area contributed by atoms with Gasteiger partial charge in [0.25, 0.3) is 0 Å². The van der Waals surface area contributed by atoms with Gasteiger partial charge in [-0.05, 0) is 37.1 Å². The quantitative estimate of drug-likeness (QED) is 0.829. The Bertz CT molecular complexity index is 726. The van der Waals surface area contributed by atoms with Crippen molar-refractivity contribution in [3.8, 4) is 16.3 Å². The van der Waals surface area contributed by atoms with Crippen LogP contribution in [0, 0.1) is 0 Å². The van der Waals surface area contributed by atoms with E-state index < -0.39 is 6.36 Å². The zero-order valence-electron chi connectivity index (χ0n) is 13.4. The molecule has 5 nitrogen and oxygen atoms in total. The van der Waals surface area contributed by atoms with Crippen LogP contribution in [0.3, 0.4) is 0 Å². The molecule has 3 fully saturated rings. The molecule has 0 aliphatic carbocycles. The molecule has 1 aromatic heterocycles. The minimum absolute atomic E-state index is 0.237. The SMILES string of the molecule is FC(F)(F)Oc1ccc(-c2nnc(N3CCN4CCC3CC4)s2)cc1. The highest BCUT2D eigenvalue weighted by Gasteiger charge is 2.32. The highest BCUT2D eigenvalue weighted by molar-refractivity contribution is 7.18. The van der Waals surface area contributed by atoms with Crippen molar-refractivity contribution in [1.29, 1.82) is 0 Å². The largest absolute Gasteiger partial charge is 0.573 e. The van der Waals surface area contributed by atoms with Crippen LogP contribution < -0.4 is 9.64 Å². The molecule has 3 aliphatic heterocycles. The Morgan fingerprint density at radius 3 is 2.40 bits per heavy atom. The Hall–Kier alpha value is -1.87. The van der Waals surface area contributed by atoms with Gasteiger partial charge in [-0.1, -0.05) is 11.3 Å². The monoisotopic (exact) mass is 370 g/mol. The molecule has 1 aromatic carbocycles. The average molecular weight is 370 g/mol. The smallest absolute Gasteiger partial charge is 0.406 e. The summed E-state index contributed by atoms with van der Waals surface area (Å²) in [6, 6.07) is 6.24. The number of hydrogen-bond donors (Lipinski definition) is 0. The Labute approximate surface area is 147 Å². The number of aromatic nitrogens is 2. The first-order valence-electron chi connectivity index (χ1n) is 8.17. The summed E-state index contributed by atoms with van der Waals surface area (Å²) >= 11 is 1.48. The molecule has 0 amide bonds. The van der Waals surface area contributed by atoms with Gasteiger partial charge in [0.15, 0.2) is 0 Å². The molecular weight excluding hydrogens is 353 g/mol. The molecule has 134 valence electrons. The highest BCUT2D eigenvalue weighted by Crippen LogP contribution is 2.34. The number of piperidine rings is 1. The Morgan fingerprint density at radius 2 is 1.72 bits per heavy atom. The molecule has 3 saturated heterocycles. The molecule has 5 rings (SSSR count). The summed E-state index contributed by atoms with van der Waals surface area (Å²) in [5, 5.41) is 10.1. The van der Waals surface area contributed by atoms with Gasteiger partial charge in [-0.3, -0.25) is 0 Å². The van der Waals surface area contributed by atoms with E-state index in [0.29, 0.717) is 11.0 Å². The van der Waals surface area contributed by atoms with Crippen LogP contribution in [0.1, 0.15) is 12.8 Å². The van der Waals surface area contributed by atoms with Crippen LogP contribution >= 0.6 is 11.3 Å². The molecule has 2 bridgehead atoms. The number of nitrogens with zero attached hydrogens (tertiary/aromatic N) is 4. The van der Waals surface area contributed by atoms with Crippen molar-refractivity contribution in [2.75, 3.05) is 31.1 Å². The summed E-state index contributed by atoms with van der Waals surface area (Å²) in [6.07, 6.45) is -2.41. The fourth-order valence-corrected chi connectivity index (χ4v) is 4.33. The number of benzene rings is 1. The van der Waals surface area contributed by atoms with E-state index >= 15 is 0 Å². The first-order valence-corrected chi connectivity index (χ1v) is 8.98. The lowest BCUT2D eigenvalue weighted by atomic mass is 10.1. The third-order valence-electron chi connectivity index (χ3n) is 4.65. The Balaban J connectivity index is 1.51. The first-order chi connectivity index (χ1) is 12.0. The normalized spacial score (nSPS) is 23.6. The fourth-order valence-electron chi connectivity index (χ4n) is 3.39. The van der Waals surface area contributed by atoms with E-state index in [4.69, 9.17) is 0 Å². The van der Waals surface area contributed by atoms with Crippen molar-refractivity contribution in [3.63, 3.8) is 0 Å². The molecule has 4 heterocycles. The third-order valence-corrected chi connectivity index (χ3v) is 5.66. The van der Waals surface area contributed by atoms with Crippen LogP contribution in [0.2, 0.25) is 0 Å². The second-order valence-corrected chi connectivity index (χ2v) is 7.18. The third kappa shape index (κ3) is 3.72. The van der Waals surface area contributed by atoms with Crippen LogP contribution in [0.15, 0.2) is 24.3 Å². The van der Waals surface area contributed by atoms with Gasteiger partial charge in [-0.25, -0.2) is 0 Å². The second-order valence-electron chi connectivity index (χ2n) is 6.23. The number of anilines is 1. The predicted octanol–water partition coefficient (Wildman–Crippen LogP) is 3.39. The van der Waals surface area contributed by atoms with Crippen LogP contribution in [-0.2, 0) is 0 Å². The maximum Gasteiger partial charge on any atom is 0.573 e. The summed E-state index contributed by atoms with van der Waals surface area (Å²) in [5.74, 6) is -0.237. The van der Waals surface area contributed by atoms with E-state index in [1.807, 2.05) is 0 Å². The summed E-state index contributed by atoms with van der Waals surface area (Å²) in [7, 11) is 0. The zero-order valence-corrected chi connectivity index (χ0v) is 14.2. The van der Waals surface area contributed by atoms with Gasteiger partial charge in [0.1, 0.15) is 10.8 Å². The summed E-state index contributed by atoms with van der Waals surface area (Å²) in [6.45, 7) is 4.24. The van der Waals surface area contributed by atoms with E-state index in [-0.39, 0.29) is 5.75 Å². The fraction of sp³-hybridized carbons (Fsp3) is 0.500. The predicted molar refractivity (Wildman–Crippen MR) is 88.8 cm³/mol. The molecular formula is C16H17F3N4OS. The molecule has 3 aliphatic rings. The molecule has 2 aromatic rings. The lowest BCUT2D eigenvalue weighted by Crippen LogP contribution is -2.37. The second kappa shape index (κ2) is 6.45. The number of hydrogen-bond acceptors (Lipinski definition) is 6. The zero-order chi connectivity index (χ0) is 17.4. The standard InChI is InChI=1S/C16H17F3N4OS/c17-16(18,19)24-13-3-1-11(2-4-13)14-20-21-15(25-14)23-10-9-22-7-5-12(23)6-8-22/h1-4,12H,5-10H2. The van der Waals surface area contributed by atoms with Crippen LogP contribution in [0.25, 0.3) is 10.6 Å². The van der Waals surface area contributed by atoms with Gasteiger partial charge in [-0.15, -0.1) is 23.4 Å². The topological polar surface area (TPSA) is 41.5 Å².